The molecule has 46 heavy (non-hydrogen) atoms. The molecule has 0 radical (unpaired) electrons. The summed E-state index contributed by atoms with van der Waals surface area (Å²) >= 11 is 0. The lowest BCUT2D eigenvalue weighted by molar-refractivity contribution is -0.162. The molecule has 0 aromatic heterocycles. The lowest BCUT2D eigenvalue weighted by Gasteiger charge is -2.41. The summed E-state index contributed by atoms with van der Waals surface area (Å²) in [6.07, 6.45) is 0.106. The molecular weight excluding hydrogens is 616 g/mol. The van der Waals surface area contributed by atoms with Crippen molar-refractivity contribution in [3.8, 4) is 0 Å². The number of rotatable bonds is 11. The predicted molar refractivity (Wildman–Crippen MR) is 169 cm³/mol. The number of alkyl carbamates (subject to hydrolysis) is 1. The van der Waals surface area contributed by atoms with E-state index in [-0.39, 0.29) is 19.1 Å². The van der Waals surface area contributed by atoms with Crippen molar-refractivity contribution in [3.63, 3.8) is 0 Å². The maximum Gasteiger partial charge on any atom is 0.411 e. The van der Waals surface area contributed by atoms with E-state index in [1.54, 1.807) is 11.0 Å². The molecule has 2 aliphatic heterocycles. The Balaban J connectivity index is 1.45. The molecule has 1 saturated heterocycles. The first-order valence-electron chi connectivity index (χ1n) is 15.1. The second-order valence-corrected chi connectivity index (χ2v) is 14.2. The van der Waals surface area contributed by atoms with Crippen LogP contribution in [0.2, 0.25) is 0 Å². The number of hydrogen-bond acceptors (Lipinski definition) is 9. The molecule has 2 aliphatic rings. The van der Waals surface area contributed by atoms with E-state index in [0.717, 1.165) is 11.1 Å². The molecule has 1 fully saturated rings. The Bertz CT molecular complexity index is 1540. The number of ether oxygens (including phenoxy) is 3. The molecule has 2 aromatic carbocycles. The molecule has 1 spiro atoms. The number of esters is 1. The highest BCUT2D eigenvalue weighted by Crippen LogP contribution is 2.47. The van der Waals surface area contributed by atoms with Gasteiger partial charge < -0.3 is 29.7 Å². The van der Waals surface area contributed by atoms with Crippen LogP contribution in [-0.2, 0) is 50.6 Å². The fourth-order valence-corrected chi connectivity index (χ4v) is 6.81. The summed E-state index contributed by atoms with van der Waals surface area (Å²) < 4.78 is 42.3. The van der Waals surface area contributed by atoms with Crippen LogP contribution < -0.4 is 14.9 Å². The van der Waals surface area contributed by atoms with Crippen LogP contribution in [0.3, 0.4) is 0 Å². The van der Waals surface area contributed by atoms with E-state index in [9.17, 15) is 27.6 Å². The summed E-state index contributed by atoms with van der Waals surface area (Å²) in [6.45, 7) is 6.50. The maximum atomic E-state index is 13.9. The molecular formula is C32H42N4O9S. The molecule has 2 N–H and O–H groups in total. The van der Waals surface area contributed by atoms with Crippen LogP contribution in [0, 0.1) is 0 Å². The zero-order valence-electron chi connectivity index (χ0n) is 26.8. The number of fused-ring (bicyclic) bond motifs is 2. The van der Waals surface area contributed by atoms with E-state index in [4.69, 9.17) is 14.2 Å². The Hall–Kier alpha value is -4.17. The highest BCUT2D eigenvalue weighted by Gasteiger charge is 2.48. The van der Waals surface area contributed by atoms with Crippen molar-refractivity contribution in [2.45, 2.75) is 70.4 Å². The molecule has 0 bridgehead atoms. The zero-order valence-corrected chi connectivity index (χ0v) is 27.6. The molecule has 13 nitrogen and oxygen atoms in total. The molecule has 0 saturated carbocycles. The van der Waals surface area contributed by atoms with Gasteiger partial charge in [0.1, 0.15) is 11.6 Å². The highest BCUT2D eigenvalue weighted by atomic mass is 32.2. The number of likely N-dealkylation sites (tertiary alicyclic amines) is 1. The number of carbonyl (C=O) groups is 4. The predicted octanol–water partition coefficient (Wildman–Crippen LogP) is 2.44. The van der Waals surface area contributed by atoms with Crippen molar-refractivity contribution in [3.05, 3.63) is 65.7 Å². The van der Waals surface area contributed by atoms with Crippen LogP contribution in [0.5, 0.6) is 0 Å². The summed E-state index contributed by atoms with van der Waals surface area (Å²) in [7, 11) is -3.49. The average Bonchev–Trinajstić information content (AvgIpc) is 3.30. The summed E-state index contributed by atoms with van der Waals surface area (Å²) in [6, 6.07) is 15.8. The van der Waals surface area contributed by atoms with Crippen LogP contribution in [0.4, 0.5) is 10.5 Å². The summed E-state index contributed by atoms with van der Waals surface area (Å²) in [4.78, 5) is 52.5. The van der Waals surface area contributed by atoms with E-state index in [1.807, 2.05) is 48.5 Å². The van der Waals surface area contributed by atoms with Gasteiger partial charge in [-0.15, -0.1) is 0 Å². The monoisotopic (exact) mass is 658 g/mol. The van der Waals surface area contributed by atoms with Gasteiger partial charge in [0.2, 0.25) is 28.1 Å². The third-order valence-corrected chi connectivity index (χ3v) is 9.34. The smallest absolute Gasteiger partial charge is 0.411 e. The minimum atomic E-state index is -3.49. The first-order chi connectivity index (χ1) is 21.6. The largest absolute Gasteiger partial charge is 0.426 e. The number of nitrogens with zero attached hydrogens (tertiary/aromatic N) is 2. The minimum absolute atomic E-state index is 0.129. The number of piperidine rings is 1. The van der Waals surface area contributed by atoms with E-state index < -0.39 is 51.3 Å². The van der Waals surface area contributed by atoms with Crippen LogP contribution in [0.1, 0.15) is 51.7 Å². The van der Waals surface area contributed by atoms with Gasteiger partial charge in [-0.25, -0.2) is 13.2 Å². The van der Waals surface area contributed by atoms with Gasteiger partial charge in [0.15, 0.2) is 0 Å². The quantitative estimate of drug-likeness (QED) is 0.273. The first-order valence-corrected chi connectivity index (χ1v) is 16.9. The standard InChI is InChI=1S/C32H42N4O9S/c1-22(37)44-23(2)45-30(40)34-31(3,4)29(39)33-26(20-43-19-24-11-7-6-8-12-24)28(38)35-17-15-32(16-18-35)21-36(46(5,41)42)27-14-10-9-13-25(27)32/h6-14,23,26H,15-21H2,1-5H3,(H,33,39)(H,34,40)/t23?,26-/m1/s1. The Labute approximate surface area is 269 Å². The summed E-state index contributed by atoms with van der Waals surface area (Å²) in [5.41, 5.74) is 0.557. The van der Waals surface area contributed by atoms with E-state index >= 15 is 0 Å². The van der Waals surface area contributed by atoms with Gasteiger partial charge in [0, 0.05) is 38.9 Å². The number of benzene rings is 2. The van der Waals surface area contributed by atoms with Gasteiger partial charge >= 0.3 is 12.1 Å². The van der Waals surface area contributed by atoms with Crippen LogP contribution in [0.15, 0.2) is 54.6 Å². The van der Waals surface area contributed by atoms with Gasteiger partial charge in [-0.1, -0.05) is 48.5 Å². The molecule has 2 heterocycles. The molecule has 1 unspecified atom stereocenters. The molecule has 14 heteroatoms. The molecule has 2 atom stereocenters. The Morgan fingerprint density at radius 3 is 2.24 bits per heavy atom. The fraction of sp³-hybridized carbons (Fsp3) is 0.500. The van der Waals surface area contributed by atoms with Crippen LogP contribution >= 0.6 is 0 Å². The van der Waals surface area contributed by atoms with E-state index in [0.29, 0.717) is 38.2 Å². The van der Waals surface area contributed by atoms with Crippen molar-refractivity contribution in [1.29, 1.82) is 0 Å². The lowest BCUT2D eigenvalue weighted by atomic mass is 9.74. The number of para-hydroxylation sites is 1. The van der Waals surface area contributed by atoms with Crippen molar-refractivity contribution in [1.82, 2.24) is 15.5 Å². The first kappa shape index (κ1) is 34.7. The molecule has 0 aliphatic carbocycles. The minimum Gasteiger partial charge on any atom is -0.426 e. The third kappa shape index (κ3) is 8.35. The van der Waals surface area contributed by atoms with Gasteiger partial charge in [-0.05, 0) is 43.9 Å². The molecule has 250 valence electrons. The van der Waals surface area contributed by atoms with Gasteiger partial charge in [0.05, 0.1) is 25.2 Å². The topological polar surface area (TPSA) is 161 Å². The third-order valence-electron chi connectivity index (χ3n) is 8.21. The van der Waals surface area contributed by atoms with Crippen molar-refractivity contribution < 1.29 is 41.8 Å². The molecule has 3 amide bonds. The van der Waals surface area contributed by atoms with Crippen molar-refractivity contribution >= 4 is 39.6 Å². The van der Waals surface area contributed by atoms with Crippen molar-refractivity contribution in [2.24, 2.45) is 0 Å². The Kier molecular flexibility index (Phi) is 10.6. The van der Waals surface area contributed by atoms with Crippen LogP contribution in [-0.4, -0.2) is 87.6 Å². The number of hydrogen-bond donors (Lipinski definition) is 2. The Morgan fingerprint density at radius 1 is 0.978 bits per heavy atom. The van der Waals surface area contributed by atoms with E-state index in [2.05, 4.69) is 10.6 Å². The van der Waals surface area contributed by atoms with Gasteiger partial charge in [-0.3, -0.25) is 18.7 Å². The second kappa shape index (κ2) is 14.1. The average molecular weight is 659 g/mol. The molecule has 4 rings (SSSR count). The van der Waals surface area contributed by atoms with Gasteiger partial charge in [-0.2, -0.15) is 0 Å². The normalized spacial score (nSPS) is 17.1. The fourth-order valence-electron chi connectivity index (χ4n) is 5.82. The maximum absolute atomic E-state index is 13.9. The SMILES string of the molecule is CC(=O)OC(C)OC(=O)NC(C)(C)C(=O)N[C@H](COCc1ccccc1)C(=O)N1CCC2(CC1)CN(S(C)(=O)=O)c1ccccc12. The Morgan fingerprint density at radius 2 is 1.61 bits per heavy atom. The van der Waals surface area contributed by atoms with Crippen molar-refractivity contribution in [2.75, 3.05) is 36.8 Å². The molecule has 2 aromatic rings. The number of sulfonamides is 1. The summed E-state index contributed by atoms with van der Waals surface area (Å²) in [5.74, 6) is -1.65. The second-order valence-electron chi connectivity index (χ2n) is 12.3. The van der Waals surface area contributed by atoms with E-state index in [1.165, 1.54) is 38.3 Å². The number of nitrogens with one attached hydrogen (secondary N) is 2. The zero-order chi connectivity index (χ0) is 33.7. The van der Waals surface area contributed by atoms with Crippen LogP contribution in [0.25, 0.3) is 0 Å². The lowest BCUT2D eigenvalue weighted by Crippen LogP contribution is -2.61. The highest BCUT2D eigenvalue weighted by molar-refractivity contribution is 7.92. The number of anilines is 1. The van der Waals surface area contributed by atoms with Gasteiger partial charge in [0.25, 0.3) is 0 Å². The number of amides is 3. The summed E-state index contributed by atoms with van der Waals surface area (Å²) in [5, 5.41) is 5.18. The number of carbonyl (C=O) groups excluding carboxylic acids is 4.